The fraction of sp³-hybridized carbons (Fsp3) is 0.778. The van der Waals surface area contributed by atoms with E-state index in [1.165, 1.54) is 0 Å². The highest BCUT2D eigenvalue weighted by molar-refractivity contribution is 4.96. The van der Waals surface area contributed by atoms with Gasteiger partial charge in [-0.1, -0.05) is 12.8 Å². The van der Waals surface area contributed by atoms with Crippen LogP contribution in [0.15, 0.2) is 0 Å². The summed E-state index contributed by atoms with van der Waals surface area (Å²) in [6.45, 7) is 4.25. The third-order valence-electron chi connectivity index (χ3n) is 1.71. The number of nitrogens with one attached hydrogen (secondary N) is 1. The zero-order valence-electron chi connectivity index (χ0n) is 7.30. The summed E-state index contributed by atoms with van der Waals surface area (Å²) in [6.07, 6.45) is 6.98. The highest BCUT2D eigenvalue weighted by atomic mass is 16.3. The van der Waals surface area contributed by atoms with Gasteiger partial charge in [0.2, 0.25) is 0 Å². The van der Waals surface area contributed by atoms with Gasteiger partial charge in [0.25, 0.3) is 0 Å². The van der Waals surface area contributed by atoms with Crippen LogP contribution in [0.2, 0.25) is 0 Å². The predicted octanol–water partition coefficient (Wildman–Crippen LogP) is 0.759. The van der Waals surface area contributed by atoms with E-state index in [1.807, 2.05) is 6.92 Å². The Balaban J connectivity index is 3.60. The van der Waals surface area contributed by atoms with E-state index in [-0.39, 0.29) is 12.6 Å². The molecule has 0 amide bonds. The molecule has 0 radical (unpaired) electrons. The van der Waals surface area contributed by atoms with Gasteiger partial charge in [0.05, 0.1) is 6.04 Å². The van der Waals surface area contributed by atoms with Crippen LogP contribution in [0.1, 0.15) is 26.7 Å². The summed E-state index contributed by atoms with van der Waals surface area (Å²) in [5.74, 6) is 2.60. The van der Waals surface area contributed by atoms with Crippen molar-refractivity contribution >= 4 is 0 Å². The van der Waals surface area contributed by atoms with Crippen LogP contribution in [0.4, 0.5) is 0 Å². The number of terminal acetylenes is 1. The van der Waals surface area contributed by atoms with E-state index in [2.05, 4.69) is 18.2 Å². The van der Waals surface area contributed by atoms with Crippen LogP contribution in [0.25, 0.3) is 0 Å². The first kappa shape index (κ1) is 10.5. The molecular weight excluding hydrogens is 138 g/mol. The molecule has 2 nitrogen and oxygen atoms in total. The molecule has 2 atom stereocenters. The molecule has 0 aliphatic carbocycles. The predicted molar refractivity (Wildman–Crippen MR) is 47.2 cm³/mol. The van der Waals surface area contributed by atoms with Gasteiger partial charge in [-0.25, -0.2) is 0 Å². The van der Waals surface area contributed by atoms with Crippen LogP contribution in [0, 0.1) is 12.3 Å². The SMILES string of the molecule is C#CC(C)NC(CC)CCO. The Labute approximate surface area is 69.0 Å². The van der Waals surface area contributed by atoms with Gasteiger partial charge in [-0.15, -0.1) is 6.42 Å². The van der Waals surface area contributed by atoms with Crippen molar-refractivity contribution in [3.8, 4) is 12.3 Å². The first-order chi connectivity index (χ1) is 5.24. The van der Waals surface area contributed by atoms with E-state index in [0.717, 1.165) is 12.8 Å². The van der Waals surface area contributed by atoms with E-state index in [4.69, 9.17) is 11.5 Å². The summed E-state index contributed by atoms with van der Waals surface area (Å²) >= 11 is 0. The van der Waals surface area contributed by atoms with Crippen LogP contribution < -0.4 is 5.32 Å². The molecule has 0 rings (SSSR count). The highest BCUT2D eigenvalue weighted by Gasteiger charge is 2.06. The summed E-state index contributed by atoms with van der Waals surface area (Å²) in [4.78, 5) is 0. The molecule has 64 valence electrons. The van der Waals surface area contributed by atoms with Crippen molar-refractivity contribution in [1.29, 1.82) is 0 Å². The molecule has 0 heterocycles. The number of rotatable bonds is 5. The number of aliphatic hydroxyl groups is 1. The van der Waals surface area contributed by atoms with Crippen molar-refractivity contribution in [2.45, 2.75) is 38.8 Å². The van der Waals surface area contributed by atoms with Crippen molar-refractivity contribution in [1.82, 2.24) is 5.32 Å². The van der Waals surface area contributed by atoms with Gasteiger partial charge in [-0.2, -0.15) is 0 Å². The summed E-state index contributed by atoms with van der Waals surface area (Å²) in [5.41, 5.74) is 0. The molecular formula is C9H17NO. The molecule has 0 saturated heterocycles. The minimum absolute atomic E-state index is 0.103. The third kappa shape index (κ3) is 4.83. The zero-order chi connectivity index (χ0) is 8.69. The van der Waals surface area contributed by atoms with Crippen LogP contribution in [-0.2, 0) is 0 Å². The van der Waals surface area contributed by atoms with E-state index in [0.29, 0.717) is 6.04 Å². The van der Waals surface area contributed by atoms with Gasteiger partial charge >= 0.3 is 0 Å². The number of aliphatic hydroxyl groups excluding tert-OH is 1. The maximum atomic E-state index is 8.66. The Morgan fingerprint density at radius 2 is 2.27 bits per heavy atom. The lowest BCUT2D eigenvalue weighted by molar-refractivity contribution is 0.260. The molecule has 0 aromatic heterocycles. The maximum Gasteiger partial charge on any atom is 0.0660 e. The molecule has 2 N–H and O–H groups in total. The van der Waals surface area contributed by atoms with Crippen molar-refractivity contribution in [3.63, 3.8) is 0 Å². The van der Waals surface area contributed by atoms with E-state index in [1.54, 1.807) is 0 Å². The molecule has 0 spiro atoms. The van der Waals surface area contributed by atoms with Crippen molar-refractivity contribution in [2.24, 2.45) is 0 Å². The average molecular weight is 155 g/mol. The average Bonchev–Trinajstić information content (AvgIpc) is 2.03. The first-order valence-corrected chi connectivity index (χ1v) is 4.07. The first-order valence-electron chi connectivity index (χ1n) is 4.07. The summed E-state index contributed by atoms with van der Waals surface area (Å²) in [7, 11) is 0. The minimum atomic E-state index is 0.103. The minimum Gasteiger partial charge on any atom is -0.396 e. The maximum absolute atomic E-state index is 8.66. The molecule has 11 heavy (non-hydrogen) atoms. The third-order valence-corrected chi connectivity index (χ3v) is 1.71. The normalized spacial score (nSPS) is 15.5. The Kier molecular flexibility index (Phi) is 5.91. The van der Waals surface area contributed by atoms with Crippen LogP contribution in [0.5, 0.6) is 0 Å². The lowest BCUT2D eigenvalue weighted by atomic mass is 10.1. The fourth-order valence-electron chi connectivity index (χ4n) is 0.963. The largest absolute Gasteiger partial charge is 0.396 e. The van der Waals surface area contributed by atoms with Gasteiger partial charge < -0.3 is 10.4 Å². The molecule has 0 bridgehead atoms. The smallest absolute Gasteiger partial charge is 0.0660 e. The quantitative estimate of drug-likeness (QED) is 0.574. The monoisotopic (exact) mass is 155 g/mol. The number of hydrogen-bond acceptors (Lipinski definition) is 2. The molecule has 0 aliphatic rings. The summed E-state index contributed by atoms with van der Waals surface area (Å²) in [5, 5.41) is 11.9. The van der Waals surface area contributed by atoms with Gasteiger partial charge in [0.1, 0.15) is 0 Å². The highest BCUT2D eigenvalue weighted by Crippen LogP contribution is 1.97. The number of hydrogen-bond donors (Lipinski definition) is 2. The van der Waals surface area contributed by atoms with Crippen molar-refractivity contribution in [3.05, 3.63) is 0 Å². The Bertz CT molecular complexity index is 128. The van der Waals surface area contributed by atoms with Gasteiger partial charge in [-0.05, 0) is 19.8 Å². The fourth-order valence-corrected chi connectivity index (χ4v) is 0.963. The van der Waals surface area contributed by atoms with Gasteiger partial charge in [0.15, 0.2) is 0 Å². The lowest BCUT2D eigenvalue weighted by Gasteiger charge is -2.17. The zero-order valence-corrected chi connectivity index (χ0v) is 7.30. The van der Waals surface area contributed by atoms with Crippen molar-refractivity contribution < 1.29 is 5.11 Å². The van der Waals surface area contributed by atoms with Crippen molar-refractivity contribution in [2.75, 3.05) is 6.61 Å². The molecule has 0 saturated carbocycles. The molecule has 0 aliphatic heterocycles. The Hall–Kier alpha value is -0.520. The molecule has 2 unspecified atom stereocenters. The molecule has 0 fully saturated rings. The lowest BCUT2D eigenvalue weighted by Crippen LogP contribution is -2.35. The molecule has 0 aromatic carbocycles. The molecule has 2 heteroatoms. The topological polar surface area (TPSA) is 32.3 Å². The van der Waals surface area contributed by atoms with E-state index in [9.17, 15) is 0 Å². The second-order valence-electron chi connectivity index (χ2n) is 2.67. The van der Waals surface area contributed by atoms with Crippen LogP contribution >= 0.6 is 0 Å². The van der Waals surface area contributed by atoms with E-state index >= 15 is 0 Å². The standard InChI is InChI=1S/C9H17NO/c1-4-8(3)10-9(5-2)6-7-11/h1,8-11H,5-7H2,2-3H3. The second-order valence-corrected chi connectivity index (χ2v) is 2.67. The second kappa shape index (κ2) is 6.21. The van der Waals surface area contributed by atoms with Crippen LogP contribution in [-0.4, -0.2) is 23.8 Å². The Morgan fingerprint density at radius 1 is 1.64 bits per heavy atom. The Morgan fingerprint density at radius 3 is 2.64 bits per heavy atom. The summed E-state index contributed by atoms with van der Waals surface area (Å²) < 4.78 is 0. The van der Waals surface area contributed by atoms with E-state index < -0.39 is 0 Å². The van der Waals surface area contributed by atoms with Crippen LogP contribution in [0.3, 0.4) is 0 Å². The van der Waals surface area contributed by atoms with Gasteiger partial charge in [-0.3, -0.25) is 0 Å². The molecule has 0 aromatic rings. The summed E-state index contributed by atoms with van der Waals surface area (Å²) in [6, 6.07) is 0.456. The van der Waals surface area contributed by atoms with Gasteiger partial charge in [0, 0.05) is 12.6 Å².